The van der Waals surface area contributed by atoms with Crippen LogP contribution < -0.4 is 24.8 Å². The molecule has 3 aromatic carbocycles. The Balaban J connectivity index is 1.44. The molecule has 2 amide bonds. The lowest BCUT2D eigenvalue weighted by atomic mass is 9.98. The monoisotopic (exact) mass is 488 g/mol. The number of nitrogens with one attached hydrogen (secondary N) is 2. The lowest BCUT2D eigenvalue weighted by Gasteiger charge is -2.21. The summed E-state index contributed by atoms with van der Waals surface area (Å²) >= 11 is 0. The van der Waals surface area contributed by atoms with Crippen molar-refractivity contribution in [2.24, 2.45) is 0 Å². The van der Waals surface area contributed by atoms with Gasteiger partial charge in [-0.25, -0.2) is 4.79 Å². The summed E-state index contributed by atoms with van der Waals surface area (Å²) in [5.74, 6) is 2.71. The summed E-state index contributed by atoms with van der Waals surface area (Å²) in [6, 6.07) is 22.3. The molecule has 0 radical (unpaired) electrons. The molecule has 190 valence electrons. The Bertz CT molecular complexity index is 1130. The Hall–Kier alpha value is -3.67. The van der Waals surface area contributed by atoms with Crippen LogP contribution in [0.4, 0.5) is 4.79 Å². The smallest absolute Gasteiger partial charge is 0.315 e. The van der Waals surface area contributed by atoms with Gasteiger partial charge in [0.1, 0.15) is 0 Å². The molecule has 1 aliphatic heterocycles. The molecule has 1 unspecified atom stereocenters. The third kappa shape index (κ3) is 7.17. The first-order valence-corrected chi connectivity index (χ1v) is 12.7. The molecule has 4 rings (SSSR count). The second-order valence-electron chi connectivity index (χ2n) is 9.19. The number of urea groups is 1. The van der Waals surface area contributed by atoms with Crippen molar-refractivity contribution in [1.29, 1.82) is 0 Å². The van der Waals surface area contributed by atoms with Crippen molar-refractivity contribution in [1.82, 2.24) is 10.6 Å². The van der Waals surface area contributed by atoms with Crippen LogP contribution in [0.1, 0.15) is 42.4 Å². The fourth-order valence-electron chi connectivity index (χ4n) is 4.58. The summed E-state index contributed by atoms with van der Waals surface area (Å²) in [4.78, 5) is 12.6. The predicted octanol–water partition coefficient (Wildman–Crippen LogP) is 6.07. The summed E-state index contributed by atoms with van der Waals surface area (Å²) in [6.07, 6.45) is 6.44. The van der Waals surface area contributed by atoms with Gasteiger partial charge in [0.05, 0.1) is 14.2 Å². The highest BCUT2D eigenvalue weighted by molar-refractivity contribution is 5.74. The van der Waals surface area contributed by atoms with E-state index in [1.54, 1.807) is 14.2 Å². The zero-order valence-corrected chi connectivity index (χ0v) is 21.2. The van der Waals surface area contributed by atoms with Crippen LogP contribution >= 0.6 is 0 Å². The average molecular weight is 489 g/mol. The fourth-order valence-corrected chi connectivity index (χ4v) is 4.58. The van der Waals surface area contributed by atoms with E-state index < -0.39 is 0 Å². The first-order chi connectivity index (χ1) is 17.6. The molecule has 0 aliphatic carbocycles. The van der Waals surface area contributed by atoms with Crippen molar-refractivity contribution >= 4 is 6.03 Å². The van der Waals surface area contributed by atoms with Crippen LogP contribution in [0.25, 0.3) is 0 Å². The number of amides is 2. The molecule has 4 bridgehead atoms. The van der Waals surface area contributed by atoms with E-state index >= 15 is 0 Å². The minimum atomic E-state index is -0.101. The van der Waals surface area contributed by atoms with Gasteiger partial charge < -0.3 is 24.8 Å². The van der Waals surface area contributed by atoms with E-state index in [1.165, 1.54) is 11.1 Å². The highest BCUT2D eigenvalue weighted by atomic mass is 16.5. The van der Waals surface area contributed by atoms with Gasteiger partial charge >= 0.3 is 6.03 Å². The number of benzene rings is 3. The van der Waals surface area contributed by atoms with Gasteiger partial charge in [0, 0.05) is 12.6 Å². The maximum absolute atomic E-state index is 12.6. The van der Waals surface area contributed by atoms with Crippen LogP contribution in [0, 0.1) is 0 Å². The number of ether oxygens (including phenoxy) is 3. The van der Waals surface area contributed by atoms with Gasteiger partial charge in [0.15, 0.2) is 23.0 Å². The molecule has 0 saturated carbocycles. The SMILES string of the molecule is COc1ccc2cc1Oc1cc(ccc1OC)CCC(NC(=O)NCCc1ccccc1)CCCC2. The van der Waals surface area contributed by atoms with Crippen LogP contribution in [0.15, 0.2) is 66.7 Å². The van der Waals surface area contributed by atoms with E-state index in [1.807, 2.05) is 42.5 Å². The Morgan fingerprint density at radius 3 is 2.19 bits per heavy atom. The summed E-state index contributed by atoms with van der Waals surface area (Å²) < 4.78 is 17.4. The van der Waals surface area contributed by atoms with Crippen molar-refractivity contribution in [3.8, 4) is 23.0 Å². The minimum Gasteiger partial charge on any atom is -0.493 e. The third-order valence-corrected chi connectivity index (χ3v) is 6.60. The van der Waals surface area contributed by atoms with Crippen LogP contribution in [0.5, 0.6) is 23.0 Å². The van der Waals surface area contributed by atoms with Crippen LogP contribution in [-0.2, 0) is 19.3 Å². The van der Waals surface area contributed by atoms with E-state index in [9.17, 15) is 4.79 Å². The van der Waals surface area contributed by atoms with Crippen molar-refractivity contribution in [3.63, 3.8) is 0 Å². The minimum absolute atomic E-state index is 0.0996. The molecule has 6 nitrogen and oxygen atoms in total. The second-order valence-corrected chi connectivity index (χ2v) is 9.19. The summed E-state index contributed by atoms with van der Waals surface area (Å²) in [7, 11) is 3.29. The topological polar surface area (TPSA) is 68.8 Å². The zero-order valence-electron chi connectivity index (χ0n) is 21.2. The van der Waals surface area contributed by atoms with Gasteiger partial charge in [-0.2, -0.15) is 0 Å². The van der Waals surface area contributed by atoms with Gasteiger partial charge in [-0.15, -0.1) is 0 Å². The predicted molar refractivity (Wildman–Crippen MR) is 142 cm³/mol. The van der Waals surface area contributed by atoms with Crippen LogP contribution in [0.2, 0.25) is 0 Å². The van der Waals surface area contributed by atoms with Gasteiger partial charge in [0.2, 0.25) is 0 Å². The number of aryl methyl sites for hydroxylation is 2. The maximum atomic E-state index is 12.6. The first kappa shape index (κ1) is 25.4. The molecular formula is C30H36N2O4. The molecular weight excluding hydrogens is 452 g/mol. The van der Waals surface area contributed by atoms with Crippen LogP contribution in [0.3, 0.4) is 0 Å². The molecule has 0 fully saturated rings. The average Bonchev–Trinajstić information content (AvgIpc) is 2.90. The van der Waals surface area contributed by atoms with E-state index in [4.69, 9.17) is 14.2 Å². The fraction of sp³-hybridized carbons (Fsp3) is 0.367. The number of methoxy groups -OCH3 is 2. The molecule has 0 spiro atoms. The number of fused-ring (bicyclic) bond motifs is 4. The normalized spacial score (nSPS) is 15.7. The summed E-state index contributed by atoms with van der Waals surface area (Å²) in [6.45, 7) is 0.613. The number of carbonyl (C=O) groups is 1. The van der Waals surface area contributed by atoms with Gasteiger partial charge in [-0.1, -0.05) is 48.9 Å². The number of hydrogen-bond donors (Lipinski definition) is 2. The quantitative estimate of drug-likeness (QED) is 0.442. The van der Waals surface area contributed by atoms with E-state index in [-0.39, 0.29) is 12.1 Å². The lowest BCUT2D eigenvalue weighted by molar-refractivity contribution is 0.235. The third-order valence-electron chi connectivity index (χ3n) is 6.60. The van der Waals surface area contributed by atoms with E-state index in [0.717, 1.165) is 50.5 Å². The molecule has 6 heteroatoms. The molecule has 36 heavy (non-hydrogen) atoms. The van der Waals surface area contributed by atoms with Crippen molar-refractivity contribution < 1.29 is 19.0 Å². The molecule has 2 N–H and O–H groups in total. The number of carbonyl (C=O) groups excluding carboxylic acids is 1. The zero-order chi connectivity index (χ0) is 25.2. The van der Waals surface area contributed by atoms with Gasteiger partial charge in [-0.3, -0.25) is 0 Å². The standard InChI is InChI=1S/C30H36N2O4/c1-34-26-16-13-23-10-6-7-11-25(32-30(33)31-19-18-22-8-4-3-5-9-22)15-12-24-14-17-27(35-2)29(21-24)36-28(26)20-23/h3-5,8-9,13-14,16-17,20-21,25H,6-7,10-12,15,18-19H2,1-2H3,(H2,31,32,33). The summed E-state index contributed by atoms with van der Waals surface area (Å²) in [5.41, 5.74) is 3.55. The molecule has 1 aliphatic rings. The Morgan fingerprint density at radius 1 is 0.861 bits per heavy atom. The Kier molecular flexibility index (Phi) is 9.09. The Morgan fingerprint density at radius 2 is 1.53 bits per heavy atom. The molecule has 0 aromatic heterocycles. The van der Waals surface area contributed by atoms with Crippen molar-refractivity contribution in [2.75, 3.05) is 20.8 Å². The van der Waals surface area contributed by atoms with Crippen molar-refractivity contribution in [3.05, 3.63) is 83.4 Å². The van der Waals surface area contributed by atoms with Gasteiger partial charge in [0.25, 0.3) is 0 Å². The second kappa shape index (κ2) is 12.9. The Labute approximate surface area is 214 Å². The van der Waals surface area contributed by atoms with E-state index in [2.05, 4.69) is 34.9 Å². The molecule has 1 heterocycles. The highest BCUT2D eigenvalue weighted by Gasteiger charge is 2.16. The van der Waals surface area contributed by atoms with E-state index in [0.29, 0.717) is 29.5 Å². The number of rotatable bonds is 6. The highest BCUT2D eigenvalue weighted by Crippen LogP contribution is 2.38. The maximum Gasteiger partial charge on any atom is 0.315 e. The number of hydrogen-bond acceptors (Lipinski definition) is 4. The molecule has 3 aromatic rings. The largest absolute Gasteiger partial charge is 0.493 e. The molecule has 0 saturated heterocycles. The lowest BCUT2D eigenvalue weighted by Crippen LogP contribution is -2.43. The molecule has 1 atom stereocenters. The van der Waals surface area contributed by atoms with Crippen LogP contribution in [-0.4, -0.2) is 32.8 Å². The van der Waals surface area contributed by atoms with Crippen molar-refractivity contribution in [2.45, 2.75) is 51.0 Å². The summed E-state index contributed by atoms with van der Waals surface area (Å²) in [5, 5.41) is 6.23. The first-order valence-electron chi connectivity index (χ1n) is 12.7. The van der Waals surface area contributed by atoms with Gasteiger partial charge in [-0.05, 0) is 79.5 Å².